The van der Waals surface area contributed by atoms with Crippen LogP contribution in [0.5, 0.6) is 0 Å². The van der Waals surface area contributed by atoms with Gasteiger partial charge in [0.2, 0.25) is 106 Å². The molecule has 14 amide bonds. The zero-order chi connectivity index (χ0) is 105. The first-order chi connectivity index (χ1) is 67.8. The van der Waals surface area contributed by atoms with Gasteiger partial charge in [-0.2, -0.15) is 37.9 Å². The van der Waals surface area contributed by atoms with Crippen LogP contribution in [0, 0.1) is 5.41 Å². The van der Waals surface area contributed by atoms with Crippen molar-refractivity contribution < 1.29 is 102 Å². The number of amides is 14. The van der Waals surface area contributed by atoms with E-state index in [1.807, 2.05) is 0 Å². The number of guanidine groups is 1. The number of unbranched alkanes of at least 4 members (excludes halogenated alkanes) is 3. The molecular formula is C93H139N25O21S3. The molecule has 0 aliphatic carbocycles. The van der Waals surface area contributed by atoms with Crippen molar-refractivity contribution >= 4 is 161 Å². The molecule has 0 bridgehead atoms. The third kappa shape index (κ3) is 40.9. The maximum absolute atomic E-state index is 15.6. The Kier molecular flexibility index (Phi) is 54.3. The fourth-order valence-corrected chi connectivity index (χ4v) is 15.6. The van der Waals surface area contributed by atoms with Gasteiger partial charge in [0.15, 0.2) is 5.96 Å². The molecule has 18 atom stereocenters. The second-order valence-corrected chi connectivity index (χ2v) is 35.0. The lowest BCUT2D eigenvalue weighted by Gasteiger charge is -2.29. The van der Waals surface area contributed by atoms with Gasteiger partial charge in [-0.1, -0.05) is 109 Å². The van der Waals surface area contributed by atoms with E-state index in [0.717, 1.165) is 13.8 Å². The summed E-state index contributed by atoms with van der Waals surface area (Å²) in [7, 11) is 2.84. The minimum absolute atomic E-state index is 0.00254. The Hall–Kier alpha value is -12.4. The second kappa shape index (κ2) is 64.2. The molecule has 0 saturated heterocycles. The lowest BCUT2D eigenvalue weighted by molar-refractivity contribution is -0.141. The Morgan fingerprint density at radius 1 is 0.366 bits per heavy atom. The summed E-state index contributed by atoms with van der Waals surface area (Å²) >= 11 is 12.5. The first kappa shape index (κ1) is 120. The lowest BCUT2D eigenvalue weighted by atomic mass is 10.00. The molecule has 5 rings (SSSR count). The number of likely N-dealkylation sites (N-methyl/N-ethyl adjacent to an activating group) is 2. The van der Waals surface area contributed by atoms with Crippen molar-refractivity contribution in [2.75, 3.05) is 70.7 Å². The number of carbonyl (C=O) groups excluding carboxylic acids is 18. The summed E-state index contributed by atoms with van der Waals surface area (Å²) in [5.74, 6) is -19.2. The molecule has 142 heavy (non-hydrogen) atoms. The van der Waals surface area contributed by atoms with Crippen molar-refractivity contribution in [3.8, 4) is 0 Å². The van der Waals surface area contributed by atoms with Gasteiger partial charge in [0, 0.05) is 66.6 Å². The van der Waals surface area contributed by atoms with Gasteiger partial charge >= 0.3 is 0 Å². The molecular weight excluding hydrogens is 1900 g/mol. The predicted octanol–water partition coefficient (Wildman–Crippen LogP) is -7.26. The average molecular weight is 2040 g/mol. The first-order valence-electron chi connectivity index (χ1n) is 46.7. The number of hydrazine groups is 1. The second-order valence-electron chi connectivity index (χ2n) is 33.9. The van der Waals surface area contributed by atoms with E-state index in [9.17, 15) is 82.4 Å². The standard InChI is InChI=1S/C93H139N25O21S3/c1-51(80(127)104-46-73(122)77(124)70(48-140)100-4)105-81(128)60(32-17-20-36-94)106-84(131)63(35-23-39-102-93(98)99)117-118-72(50-142)90(137)108-61(33-18-21-37-95)82(129)112-68(44-74(97)123)88(135)110-64(40-54-24-9-6-10-25-54)85(132)109-65(41-55-26-11-7-12-27-55)86(133)111-67(43-57-45-103-59-31-16-15-30-58(57)59)87(134)107-62(34-19-22-38-96)83(130)115-75(52(2)120)91(138)113-66(42-56-28-13-8-14-29-56)89(136)116-76(53(3)121)92(139)114-69(47-119)78(125)79(126)71(49-141)101-5/h6-16,24-31,45,51-53,60-72,75-76,100-101,103,117-121,140-142H,17-23,32-44,46-50,94-96H2,1-5H3,(H2,97,123)(H,104,127)(H,105,128)(H,106,131)(H,107,134)(H,108,137)(H,109,132)(H,110,135)(H,111,133)(H,112,129)(H,113,138)(H,114,139)(H,115,130)(H,116,136)(H4,98,99,102)/t51?,52-,53-,60+,61+,62?,63?,64+,65?,66?,67+,68?,69?,70+,71+,72?,75+,76+/m1/s1. The molecule has 0 fully saturated rings. The Bertz CT molecular complexity index is 4990. The predicted molar refractivity (Wildman–Crippen MR) is 538 cm³/mol. The van der Waals surface area contributed by atoms with E-state index in [1.54, 1.807) is 121 Å². The molecule has 1 heterocycles. The number of H-pyrrole nitrogens is 1. The number of aromatic nitrogens is 1. The van der Waals surface area contributed by atoms with Gasteiger partial charge in [-0.25, -0.2) is 10.9 Å². The van der Waals surface area contributed by atoms with Gasteiger partial charge in [-0.05, 0) is 153 Å². The Morgan fingerprint density at radius 3 is 1.12 bits per heavy atom. The van der Waals surface area contributed by atoms with Crippen LogP contribution < -0.4 is 125 Å². The zero-order valence-electron chi connectivity index (χ0n) is 80.0. The topological polar surface area (TPSA) is 754 Å². The highest BCUT2D eigenvalue weighted by Crippen LogP contribution is 2.21. The van der Waals surface area contributed by atoms with Crippen LogP contribution in [0.1, 0.15) is 120 Å². The number of nitrogens with two attached hydrogens (primary N) is 5. The maximum atomic E-state index is 15.6. The number of aliphatic hydroxyl groups excluding tert-OH is 3. The summed E-state index contributed by atoms with van der Waals surface area (Å²) in [6, 6.07) is 6.91. The number of hydrogen-bond acceptors (Lipinski definition) is 32. The molecule has 0 aliphatic heterocycles. The summed E-state index contributed by atoms with van der Waals surface area (Å²) in [4.78, 5) is 258. The zero-order valence-corrected chi connectivity index (χ0v) is 82.7. The normalized spacial score (nSPS) is 15.0. The van der Waals surface area contributed by atoms with Gasteiger partial charge < -0.3 is 134 Å². The molecule has 46 nitrogen and oxygen atoms in total. The largest absolute Gasteiger partial charge is 0.394 e. The van der Waals surface area contributed by atoms with E-state index in [-0.39, 0.29) is 126 Å². The van der Waals surface area contributed by atoms with Crippen LogP contribution in [0.15, 0.2) is 121 Å². The van der Waals surface area contributed by atoms with Crippen LogP contribution in [-0.2, 0) is 112 Å². The number of aromatic amines is 1. The average Bonchev–Trinajstić information content (AvgIpc) is 1.64. The SMILES string of the molecule is CN[C@@H](CS)C(=O)C(=O)CNC(=O)C(C)NC(=O)[C@H](CCCCN)NC(=O)C(CCCNC(=N)N)NNC(CS)C(=O)N[C@@H](CCCCN)C(=O)NC(CC(N)=O)C(=O)N[C@@H](Cc1ccccc1)C(=O)NC(Cc1ccccc1)C(=O)N[C@@H](Cc1c[nH]c2ccccc12)C(=O)NC(CCCCN)C(=O)N[C@H](C(=O)NC(Cc1ccccc1)C(=O)N[C@H](C(=O)NC(CO)C(=O)C(=O)[C@H](CS)NC)[C@@H](C)O)[C@@H](C)O. The van der Waals surface area contributed by atoms with Crippen LogP contribution in [0.2, 0.25) is 0 Å². The number of rotatable bonds is 69. The summed E-state index contributed by atoms with van der Waals surface area (Å²) in [5.41, 5.74) is 36.9. The van der Waals surface area contributed by atoms with Crippen molar-refractivity contribution in [3.05, 3.63) is 144 Å². The summed E-state index contributed by atoms with van der Waals surface area (Å²) < 4.78 is 0. The Morgan fingerprint density at radius 2 is 0.704 bits per heavy atom. The summed E-state index contributed by atoms with van der Waals surface area (Å²) in [6.07, 6.45) is -2.59. The van der Waals surface area contributed by atoms with Crippen molar-refractivity contribution in [2.45, 2.75) is 232 Å². The van der Waals surface area contributed by atoms with Crippen molar-refractivity contribution in [2.24, 2.45) is 28.7 Å². The van der Waals surface area contributed by atoms with Crippen molar-refractivity contribution in [3.63, 3.8) is 0 Å². The fraction of sp³-hybridized carbons (Fsp3) is 0.516. The molecule has 0 spiro atoms. The third-order valence-electron chi connectivity index (χ3n) is 22.8. The number of fused-ring (bicyclic) bond motifs is 1. The van der Waals surface area contributed by atoms with E-state index >= 15 is 19.2 Å². The van der Waals surface area contributed by atoms with Crippen LogP contribution >= 0.6 is 37.9 Å². The van der Waals surface area contributed by atoms with E-state index < -0.39 is 234 Å². The number of carbonyl (C=O) groups is 18. The maximum Gasteiger partial charge on any atom is 0.245 e. The van der Waals surface area contributed by atoms with E-state index in [0.29, 0.717) is 52.4 Å². The lowest BCUT2D eigenvalue weighted by Crippen LogP contribution is -2.63. The van der Waals surface area contributed by atoms with Crippen molar-refractivity contribution in [1.82, 2.24) is 101 Å². The Balaban J connectivity index is 1.46. The van der Waals surface area contributed by atoms with E-state index in [4.69, 9.17) is 34.1 Å². The van der Waals surface area contributed by atoms with Crippen LogP contribution in [0.4, 0.5) is 0 Å². The van der Waals surface area contributed by atoms with Gasteiger partial charge in [0.05, 0.1) is 43.9 Å². The minimum atomic E-state index is -1.93. The summed E-state index contributed by atoms with van der Waals surface area (Å²) in [5, 5.41) is 81.7. The molecule has 0 aliphatic rings. The first-order valence-corrected chi connectivity index (χ1v) is 48.6. The van der Waals surface area contributed by atoms with Gasteiger partial charge in [0.25, 0.3) is 0 Å². The molecule has 780 valence electrons. The molecule has 5 aromatic rings. The van der Waals surface area contributed by atoms with Gasteiger partial charge in [-0.3, -0.25) is 91.7 Å². The molecule has 0 saturated carbocycles. The van der Waals surface area contributed by atoms with Crippen LogP contribution in [0.25, 0.3) is 10.9 Å². The summed E-state index contributed by atoms with van der Waals surface area (Å²) in [6.45, 7) is 2.34. The molecule has 33 N–H and O–H groups in total. The van der Waals surface area contributed by atoms with E-state index in [1.165, 1.54) is 21.0 Å². The Labute approximate surface area is 839 Å². The molecule has 1 aromatic heterocycles. The number of benzene rings is 4. The molecule has 4 aromatic carbocycles. The highest BCUT2D eigenvalue weighted by Gasteiger charge is 2.41. The van der Waals surface area contributed by atoms with Gasteiger partial charge in [-0.15, -0.1) is 0 Å². The number of para-hydroxylation sites is 1. The fourth-order valence-electron chi connectivity index (χ4n) is 14.7. The van der Waals surface area contributed by atoms with E-state index in [2.05, 4.69) is 139 Å². The smallest absolute Gasteiger partial charge is 0.245 e. The van der Waals surface area contributed by atoms with Crippen LogP contribution in [-0.4, -0.2) is 312 Å². The highest BCUT2D eigenvalue weighted by atomic mass is 32.1. The highest BCUT2D eigenvalue weighted by molar-refractivity contribution is 7.80. The van der Waals surface area contributed by atoms with Gasteiger partial charge in [0.1, 0.15) is 84.6 Å². The third-order valence-corrected chi connectivity index (χ3v) is 23.9. The number of ketones is 4. The number of hydrogen-bond donors (Lipinski definition) is 31. The van der Waals surface area contributed by atoms with Crippen LogP contribution in [0.3, 0.4) is 0 Å². The minimum Gasteiger partial charge on any atom is -0.394 e. The number of Topliss-reactive ketones (excluding diaryl/α,β-unsaturated/α-hetero) is 4. The number of nitrogens with one attached hydrogen (secondary N) is 20. The number of aliphatic hydroxyl groups is 3. The monoisotopic (exact) mass is 2040 g/mol. The molecule has 49 heteroatoms. The molecule has 0 radical (unpaired) electrons. The van der Waals surface area contributed by atoms with Crippen molar-refractivity contribution in [1.29, 1.82) is 5.41 Å². The number of primary amides is 1. The quantitative estimate of drug-likeness (QED) is 0.00429. The molecule has 8 unspecified atom stereocenters. The number of thiol groups is 3.